The Morgan fingerprint density at radius 1 is 1.13 bits per heavy atom. The molecule has 1 unspecified atom stereocenters. The van der Waals surface area contributed by atoms with Gasteiger partial charge in [0.2, 0.25) is 5.95 Å². The Morgan fingerprint density at radius 3 is 2.59 bits per heavy atom. The molecule has 12 heteroatoms. The van der Waals surface area contributed by atoms with Crippen molar-refractivity contribution < 1.29 is 4.74 Å². The first-order chi connectivity index (χ1) is 18.8. The number of imidazole rings is 1. The van der Waals surface area contributed by atoms with E-state index in [1.54, 1.807) is 18.5 Å². The van der Waals surface area contributed by atoms with Crippen LogP contribution in [0.3, 0.4) is 0 Å². The Bertz CT molecular complexity index is 1700. The van der Waals surface area contributed by atoms with Crippen molar-refractivity contribution in [3.05, 3.63) is 50.9 Å². The highest BCUT2D eigenvalue weighted by Gasteiger charge is 2.24. The number of nitrogens with two attached hydrogens (primary N) is 1. The van der Waals surface area contributed by atoms with Crippen molar-refractivity contribution >= 4 is 33.8 Å². The molecule has 0 spiro atoms. The summed E-state index contributed by atoms with van der Waals surface area (Å²) in [5.41, 5.74) is 6.39. The fourth-order valence-corrected chi connectivity index (χ4v) is 4.95. The van der Waals surface area contributed by atoms with Crippen LogP contribution in [0.15, 0.2) is 33.9 Å². The smallest absolute Gasteiger partial charge is 0.332 e. The van der Waals surface area contributed by atoms with Gasteiger partial charge in [-0.05, 0) is 26.0 Å². The van der Waals surface area contributed by atoms with E-state index in [1.807, 2.05) is 43.1 Å². The van der Waals surface area contributed by atoms with Crippen LogP contribution in [0.1, 0.15) is 19.7 Å². The Labute approximate surface area is 225 Å². The molecule has 1 atom stereocenters. The largest absolute Gasteiger partial charge is 0.378 e. The van der Waals surface area contributed by atoms with Crippen LogP contribution in [0, 0.1) is 11.8 Å². The Balaban J connectivity index is 1.67. The normalized spacial score (nSPS) is 14.4. The van der Waals surface area contributed by atoms with Gasteiger partial charge in [0.15, 0.2) is 17.0 Å². The fraction of sp³-hybridized carbons (Fsp3) is 0.444. The number of para-hydroxylation sites is 1. The summed E-state index contributed by atoms with van der Waals surface area (Å²) < 4.78 is 9.82. The fourth-order valence-electron chi connectivity index (χ4n) is 4.95. The molecule has 0 radical (unpaired) electrons. The third kappa shape index (κ3) is 4.98. The number of likely N-dealkylation sites (N-methyl/N-ethyl adjacent to an activating group) is 1. The molecule has 0 aliphatic carbocycles. The minimum atomic E-state index is -0.496. The van der Waals surface area contributed by atoms with Gasteiger partial charge >= 0.3 is 5.69 Å². The van der Waals surface area contributed by atoms with E-state index in [2.05, 4.69) is 21.7 Å². The molecule has 5 rings (SSSR count). The second-order valence-corrected chi connectivity index (χ2v) is 9.77. The Hall–Kier alpha value is -4.21. The highest BCUT2D eigenvalue weighted by Crippen LogP contribution is 2.25. The maximum atomic E-state index is 13.9. The van der Waals surface area contributed by atoms with Gasteiger partial charge in [0.1, 0.15) is 5.82 Å². The minimum absolute atomic E-state index is 0.0841. The molecule has 1 saturated heterocycles. The summed E-state index contributed by atoms with van der Waals surface area (Å²) in [4.78, 5) is 45.6. The molecular weight excluding hydrogens is 498 g/mol. The Kier molecular flexibility index (Phi) is 7.36. The van der Waals surface area contributed by atoms with E-state index >= 15 is 0 Å². The number of fused-ring (bicyclic) bond motifs is 2. The average molecular weight is 532 g/mol. The maximum Gasteiger partial charge on any atom is 0.332 e. The van der Waals surface area contributed by atoms with E-state index in [4.69, 9.17) is 20.4 Å². The zero-order chi connectivity index (χ0) is 27.7. The second-order valence-electron chi connectivity index (χ2n) is 9.77. The number of ether oxygens (including phenoxy) is 1. The molecule has 4 aromatic rings. The molecule has 1 aromatic carbocycles. The number of morpholine rings is 1. The topological polar surface area (TPSA) is 129 Å². The lowest BCUT2D eigenvalue weighted by molar-refractivity contribution is 0.122. The lowest BCUT2D eigenvalue weighted by atomic mass is 10.2. The number of aromatic nitrogens is 6. The molecule has 2 N–H and O–H groups in total. The molecule has 0 bridgehead atoms. The van der Waals surface area contributed by atoms with Gasteiger partial charge in [0.25, 0.3) is 5.56 Å². The first kappa shape index (κ1) is 26.4. The van der Waals surface area contributed by atoms with Gasteiger partial charge in [0, 0.05) is 45.2 Å². The third-order valence-electron chi connectivity index (χ3n) is 6.77. The van der Waals surface area contributed by atoms with E-state index in [1.165, 1.54) is 9.13 Å². The molecule has 1 aliphatic rings. The van der Waals surface area contributed by atoms with Crippen molar-refractivity contribution in [1.29, 1.82) is 0 Å². The van der Waals surface area contributed by atoms with Crippen LogP contribution in [0.4, 0.5) is 11.8 Å². The summed E-state index contributed by atoms with van der Waals surface area (Å²) in [6.07, 6.45) is 0. The zero-order valence-corrected chi connectivity index (χ0v) is 22.7. The van der Waals surface area contributed by atoms with Gasteiger partial charge < -0.3 is 20.3 Å². The summed E-state index contributed by atoms with van der Waals surface area (Å²) >= 11 is 0. The lowest BCUT2D eigenvalue weighted by Gasteiger charge is -2.29. The molecule has 1 fully saturated rings. The van der Waals surface area contributed by atoms with Gasteiger partial charge in [-0.1, -0.05) is 18.1 Å². The molecule has 0 saturated carbocycles. The van der Waals surface area contributed by atoms with Crippen LogP contribution in [-0.4, -0.2) is 74.6 Å². The van der Waals surface area contributed by atoms with Crippen LogP contribution < -0.4 is 26.8 Å². The molecule has 39 heavy (non-hydrogen) atoms. The van der Waals surface area contributed by atoms with Gasteiger partial charge in [-0.25, -0.2) is 14.8 Å². The van der Waals surface area contributed by atoms with Crippen LogP contribution in [-0.2, 0) is 24.9 Å². The monoisotopic (exact) mass is 531 g/mol. The van der Waals surface area contributed by atoms with Crippen molar-refractivity contribution in [2.45, 2.75) is 33.0 Å². The van der Waals surface area contributed by atoms with Crippen LogP contribution in [0.5, 0.6) is 0 Å². The predicted octanol–water partition coefficient (Wildman–Crippen LogP) is 0.532. The summed E-state index contributed by atoms with van der Waals surface area (Å²) in [6, 6.07) is 7.63. The van der Waals surface area contributed by atoms with Gasteiger partial charge in [-0.15, -0.1) is 5.92 Å². The standard InChI is InChI=1S/C27H33N9O3/c1-5-6-11-35-22-24(31-26(35)32(3)16-18(2)28)33(4)27(38)36(25(22)37)17-21-29-20-10-8-7-9-19(20)23(30-21)34-12-14-39-15-13-34/h7-10,18H,11-17,28H2,1-4H3. The molecule has 204 valence electrons. The quantitative estimate of drug-likeness (QED) is 0.340. The number of benzene rings is 1. The van der Waals surface area contributed by atoms with Gasteiger partial charge in [-0.3, -0.25) is 18.5 Å². The van der Waals surface area contributed by atoms with Crippen molar-refractivity contribution in [2.75, 3.05) is 49.7 Å². The zero-order valence-electron chi connectivity index (χ0n) is 22.7. The first-order valence-electron chi connectivity index (χ1n) is 12.9. The van der Waals surface area contributed by atoms with Gasteiger partial charge in [-0.2, -0.15) is 4.98 Å². The van der Waals surface area contributed by atoms with E-state index in [0.717, 1.165) is 16.7 Å². The van der Waals surface area contributed by atoms with Crippen molar-refractivity contribution in [3.63, 3.8) is 0 Å². The van der Waals surface area contributed by atoms with Crippen molar-refractivity contribution in [3.8, 4) is 11.8 Å². The molecule has 0 amide bonds. The summed E-state index contributed by atoms with van der Waals surface area (Å²) in [7, 11) is 3.46. The van der Waals surface area contributed by atoms with Crippen LogP contribution in [0.25, 0.3) is 22.1 Å². The van der Waals surface area contributed by atoms with Crippen molar-refractivity contribution in [2.24, 2.45) is 12.8 Å². The minimum Gasteiger partial charge on any atom is -0.378 e. The van der Waals surface area contributed by atoms with E-state index in [9.17, 15) is 9.59 Å². The lowest BCUT2D eigenvalue weighted by Crippen LogP contribution is -2.40. The highest BCUT2D eigenvalue weighted by atomic mass is 16.5. The second kappa shape index (κ2) is 10.9. The number of rotatable bonds is 7. The first-order valence-corrected chi connectivity index (χ1v) is 12.9. The number of hydrogen-bond acceptors (Lipinski definition) is 9. The van der Waals surface area contributed by atoms with Crippen LogP contribution >= 0.6 is 0 Å². The molecule has 4 heterocycles. The Morgan fingerprint density at radius 2 is 1.87 bits per heavy atom. The summed E-state index contributed by atoms with van der Waals surface area (Å²) in [5.74, 6) is 7.57. The van der Waals surface area contributed by atoms with Crippen molar-refractivity contribution in [1.82, 2.24) is 28.7 Å². The van der Waals surface area contributed by atoms with Crippen LogP contribution in [0.2, 0.25) is 0 Å². The van der Waals surface area contributed by atoms with E-state index in [-0.39, 0.29) is 19.1 Å². The SMILES string of the molecule is CC#CCn1c(N(C)CC(C)N)nc2c1c(=O)n(Cc1nc(N3CCOCC3)c3ccccc3n1)c(=O)n2C. The predicted molar refractivity (Wildman–Crippen MR) is 151 cm³/mol. The van der Waals surface area contributed by atoms with E-state index < -0.39 is 11.2 Å². The number of hydrogen-bond donors (Lipinski definition) is 1. The number of nitrogens with zero attached hydrogens (tertiary/aromatic N) is 8. The molecular formula is C27H33N9O3. The number of aryl methyl sites for hydroxylation is 1. The average Bonchev–Trinajstić information content (AvgIpc) is 3.32. The molecule has 12 nitrogen and oxygen atoms in total. The third-order valence-corrected chi connectivity index (χ3v) is 6.77. The van der Waals surface area contributed by atoms with E-state index in [0.29, 0.717) is 55.8 Å². The molecule has 1 aliphatic heterocycles. The highest BCUT2D eigenvalue weighted by molar-refractivity contribution is 5.89. The molecule has 3 aromatic heterocycles. The van der Waals surface area contributed by atoms with Gasteiger partial charge in [0.05, 0.1) is 31.8 Å². The number of anilines is 2. The summed E-state index contributed by atoms with van der Waals surface area (Å²) in [6.45, 7) is 6.91. The maximum absolute atomic E-state index is 13.9. The summed E-state index contributed by atoms with van der Waals surface area (Å²) in [5, 5.41) is 0.914.